The average Bonchev–Trinajstić information content (AvgIpc) is 2.38. The second-order valence-electron chi connectivity index (χ2n) is 4.13. The molecule has 0 aliphatic heterocycles. The summed E-state index contributed by atoms with van der Waals surface area (Å²) >= 11 is 11.8. The van der Waals surface area contributed by atoms with Gasteiger partial charge < -0.3 is 4.42 Å². The molecule has 3 aromatic rings. The molecular formula is C15H8Cl2O2. The topological polar surface area (TPSA) is 30.2 Å². The molecule has 0 saturated heterocycles. The van der Waals surface area contributed by atoms with Crippen LogP contribution in [0.15, 0.2) is 57.7 Å². The van der Waals surface area contributed by atoms with Crippen LogP contribution in [-0.2, 0) is 0 Å². The van der Waals surface area contributed by atoms with E-state index in [4.69, 9.17) is 27.6 Å². The van der Waals surface area contributed by atoms with Gasteiger partial charge in [-0.1, -0.05) is 35.3 Å². The third kappa shape index (κ3) is 2.37. The molecule has 0 unspecified atom stereocenters. The third-order valence-corrected chi connectivity index (χ3v) is 3.35. The molecule has 0 radical (unpaired) electrons. The van der Waals surface area contributed by atoms with E-state index >= 15 is 0 Å². The highest BCUT2D eigenvalue weighted by molar-refractivity contribution is 6.31. The average molecular weight is 291 g/mol. The summed E-state index contributed by atoms with van der Waals surface area (Å²) in [4.78, 5) is 11.6. The summed E-state index contributed by atoms with van der Waals surface area (Å²) < 4.78 is 5.16. The van der Waals surface area contributed by atoms with Crippen LogP contribution >= 0.6 is 23.2 Å². The van der Waals surface area contributed by atoms with Crippen molar-refractivity contribution in [1.82, 2.24) is 0 Å². The zero-order valence-corrected chi connectivity index (χ0v) is 11.2. The zero-order valence-electron chi connectivity index (χ0n) is 9.69. The number of hydrogen-bond donors (Lipinski definition) is 0. The van der Waals surface area contributed by atoms with E-state index in [1.807, 2.05) is 18.2 Å². The summed E-state index contributed by atoms with van der Waals surface area (Å²) in [6.45, 7) is 0. The van der Waals surface area contributed by atoms with Crippen molar-refractivity contribution < 1.29 is 4.42 Å². The van der Waals surface area contributed by atoms with Crippen LogP contribution in [0.4, 0.5) is 0 Å². The molecule has 0 spiro atoms. The van der Waals surface area contributed by atoms with Crippen LogP contribution in [0.1, 0.15) is 0 Å². The second-order valence-corrected chi connectivity index (χ2v) is 5.00. The standard InChI is InChI=1S/C15H8Cl2O2/c16-10-3-1-9(2-4-10)13-8-15(18)19-14-7-11(17)5-6-12(13)14/h1-8H. The molecule has 4 heteroatoms. The first-order chi connectivity index (χ1) is 9.13. The van der Waals surface area contributed by atoms with Crippen LogP contribution in [0.25, 0.3) is 22.1 Å². The number of rotatable bonds is 1. The fourth-order valence-electron chi connectivity index (χ4n) is 2.00. The number of fused-ring (bicyclic) bond motifs is 1. The van der Waals surface area contributed by atoms with E-state index < -0.39 is 5.63 Å². The lowest BCUT2D eigenvalue weighted by Gasteiger charge is -2.06. The lowest BCUT2D eigenvalue weighted by Crippen LogP contribution is -1.98. The molecule has 2 nitrogen and oxygen atoms in total. The van der Waals surface area contributed by atoms with Gasteiger partial charge in [0.25, 0.3) is 0 Å². The number of hydrogen-bond acceptors (Lipinski definition) is 2. The van der Waals surface area contributed by atoms with Gasteiger partial charge in [-0.3, -0.25) is 0 Å². The van der Waals surface area contributed by atoms with Gasteiger partial charge in [0, 0.05) is 27.6 Å². The molecule has 3 rings (SSSR count). The van der Waals surface area contributed by atoms with Crippen molar-refractivity contribution in [2.75, 3.05) is 0 Å². The Morgan fingerprint density at radius 3 is 2.26 bits per heavy atom. The van der Waals surface area contributed by atoms with Crippen LogP contribution in [0, 0.1) is 0 Å². The highest BCUT2D eigenvalue weighted by atomic mass is 35.5. The summed E-state index contributed by atoms with van der Waals surface area (Å²) in [5, 5.41) is 2.02. The minimum absolute atomic E-state index is 0.403. The molecule has 19 heavy (non-hydrogen) atoms. The smallest absolute Gasteiger partial charge is 0.336 e. The van der Waals surface area contributed by atoms with E-state index in [0.717, 1.165) is 16.5 Å². The van der Waals surface area contributed by atoms with Crippen molar-refractivity contribution in [1.29, 1.82) is 0 Å². The van der Waals surface area contributed by atoms with Crippen molar-refractivity contribution >= 4 is 34.2 Å². The van der Waals surface area contributed by atoms with Crippen LogP contribution in [0.2, 0.25) is 10.0 Å². The van der Waals surface area contributed by atoms with Gasteiger partial charge in [0.05, 0.1) is 0 Å². The van der Waals surface area contributed by atoms with Crippen molar-refractivity contribution in [3.63, 3.8) is 0 Å². The van der Waals surface area contributed by atoms with Crippen LogP contribution in [0.5, 0.6) is 0 Å². The normalized spacial score (nSPS) is 10.8. The minimum atomic E-state index is -0.403. The Bertz CT molecular complexity index is 804. The molecule has 94 valence electrons. The Morgan fingerprint density at radius 1 is 0.842 bits per heavy atom. The Balaban J connectivity index is 2.34. The molecule has 0 saturated carbocycles. The maximum atomic E-state index is 11.6. The predicted octanol–water partition coefficient (Wildman–Crippen LogP) is 4.77. The zero-order chi connectivity index (χ0) is 13.4. The van der Waals surface area contributed by atoms with Crippen molar-refractivity contribution in [2.45, 2.75) is 0 Å². The maximum Gasteiger partial charge on any atom is 0.336 e. The maximum absolute atomic E-state index is 11.6. The van der Waals surface area contributed by atoms with Gasteiger partial charge in [-0.05, 0) is 35.4 Å². The van der Waals surface area contributed by atoms with Crippen LogP contribution < -0.4 is 5.63 Å². The van der Waals surface area contributed by atoms with Gasteiger partial charge in [-0.15, -0.1) is 0 Å². The second kappa shape index (κ2) is 4.72. The van der Waals surface area contributed by atoms with E-state index in [2.05, 4.69) is 0 Å². The van der Waals surface area contributed by atoms with Crippen molar-refractivity contribution in [3.05, 3.63) is 69.0 Å². The Hall–Kier alpha value is -1.77. The molecule has 0 fully saturated rings. The largest absolute Gasteiger partial charge is 0.423 e. The molecule has 0 atom stereocenters. The van der Waals surface area contributed by atoms with Gasteiger partial charge in [0.15, 0.2) is 0 Å². The molecule has 1 heterocycles. The molecule has 0 amide bonds. The molecule has 1 aromatic heterocycles. The third-order valence-electron chi connectivity index (χ3n) is 2.86. The van der Waals surface area contributed by atoms with Crippen LogP contribution in [-0.4, -0.2) is 0 Å². The first-order valence-corrected chi connectivity index (χ1v) is 6.38. The quantitative estimate of drug-likeness (QED) is 0.605. The number of halogens is 2. The van der Waals surface area contributed by atoms with Gasteiger partial charge in [0.1, 0.15) is 5.58 Å². The van der Waals surface area contributed by atoms with Crippen molar-refractivity contribution in [2.24, 2.45) is 0 Å². The lowest BCUT2D eigenvalue weighted by molar-refractivity contribution is 0.561. The molecule has 0 N–H and O–H groups in total. The first kappa shape index (κ1) is 12.3. The van der Waals surface area contributed by atoms with Crippen molar-refractivity contribution in [3.8, 4) is 11.1 Å². The summed E-state index contributed by atoms with van der Waals surface area (Å²) in [7, 11) is 0. The van der Waals surface area contributed by atoms with Gasteiger partial charge in [-0.2, -0.15) is 0 Å². The lowest BCUT2D eigenvalue weighted by atomic mass is 10.0. The Labute approximate surface area is 119 Å². The highest BCUT2D eigenvalue weighted by Crippen LogP contribution is 2.29. The summed E-state index contributed by atoms with van der Waals surface area (Å²) in [5.41, 5.74) is 1.79. The predicted molar refractivity (Wildman–Crippen MR) is 77.9 cm³/mol. The minimum Gasteiger partial charge on any atom is -0.423 e. The van der Waals surface area contributed by atoms with E-state index in [1.165, 1.54) is 6.07 Å². The van der Waals surface area contributed by atoms with E-state index in [1.54, 1.807) is 24.3 Å². The Morgan fingerprint density at radius 2 is 1.53 bits per heavy atom. The summed E-state index contributed by atoms with van der Waals surface area (Å²) in [6.07, 6.45) is 0. The van der Waals surface area contributed by atoms with E-state index in [9.17, 15) is 4.79 Å². The molecule has 0 aliphatic carbocycles. The molecular weight excluding hydrogens is 283 g/mol. The SMILES string of the molecule is O=c1cc(-c2ccc(Cl)cc2)c2ccc(Cl)cc2o1. The first-order valence-electron chi connectivity index (χ1n) is 5.63. The van der Waals surface area contributed by atoms with Crippen LogP contribution in [0.3, 0.4) is 0 Å². The van der Waals surface area contributed by atoms with E-state index in [0.29, 0.717) is 15.6 Å². The fraction of sp³-hybridized carbons (Fsp3) is 0. The van der Waals surface area contributed by atoms with Gasteiger partial charge in [-0.25, -0.2) is 4.79 Å². The molecule has 2 aromatic carbocycles. The Kier molecular flexibility index (Phi) is 3.05. The number of benzene rings is 2. The summed E-state index contributed by atoms with van der Waals surface area (Å²) in [5.74, 6) is 0. The van der Waals surface area contributed by atoms with Gasteiger partial charge >= 0.3 is 5.63 Å². The summed E-state index contributed by atoms with van der Waals surface area (Å²) in [6, 6.07) is 14.0. The van der Waals surface area contributed by atoms with Gasteiger partial charge in [0.2, 0.25) is 0 Å². The molecule has 0 bridgehead atoms. The van der Waals surface area contributed by atoms with E-state index in [-0.39, 0.29) is 0 Å². The monoisotopic (exact) mass is 290 g/mol. The fourth-order valence-corrected chi connectivity index (χ4v) is 2.29. The molecule has 0 aliphatic rings. The highest BCUT2D eigenvalue weighted by Gasteiger charge is 2.08.